The van der Waals surface area contributed by atoms with Crippen LogP contribution < -0.4 is 5.32 Å². The van der Waals surface area contributed by atoms with Crippen molar-refractivity contribution in [2.24, 2.45) is 0 Å². The van der Waals surface area contributed by atoms with E-state index in [1.807, 2.05) is 42.7 Å². The molecule has 1 amide bonds. The van der Waals surface area contributed by atoms with Crippen molar-refractivity contribution in [1.29, 1.82) is 0 Å². The normalized spacial score (nSPS) is 11.8. The Labute approximate surface area is 162 Å². The van der Waals surface area contributed by atoms with Gasteiger partial charge in [0.1, 0.15) is 6.33 Å². The van der Waals surface area contributed by atoms with Gasteiger partial charge in [0.25, 0.3) is 0 Å². The molecule has 1 atom stereocenters. The lowest BCUT2D eigenvalue weighted by molar-refractivity contribution is -0.115. The largest absolute Gasteiger partial charge is 0.325 e. The molecular weight excluding hydrogens is 360 g/mol. The predicted molar refractivity (Wildman–Crippen MR) is 106 cm³/mol. The average Bonchev–Trinajstić information content (AvgIpc) is 3.10. The van der Waals surface area contributed by atoms with Crippen molar-refractivity contribution in [3.8, 4) is 5.69 Å². The molecule has 1 heterocycles. The number of aryl methyl sites for hydroxylation is 1. The van der Waals surface area contributed by atoms with E-state index in [9.17, 15) is 9.59 Å². The van der Waals surface area contributed by atoms with E-state index in [1.165, 1.54) is 18.7 Å². The zero-order valence-corrected chi connectivity index (χ0v) is 16.2. The Morgan fingerprint density at radius 1 is 1.11 bits per heavy atom. The average molecular weight is 380 g/mol. The summed E-state index contributed by atoms with van der Waals surface area (Å²) in [6.45, 7) is 5.35. The smallest absolute Gasteiger partial charge is 0.237 e. The lowest BCUT2D eigenvalue weighted by Crippen LogP contribution is -2.22. The summed E-state index contributed by atoms with van der Waals surface area (Å²) >= 11 is 1.34. The first-order valence-electron chi connectivity index (χ1n) is 8.50. The topological polar surface area (TPSA) is 76.9 Å². The van der Waals surface area contributed by atoms with Crippen molar-refractivity contribution in [3.63, 3.8) is 0 Å². The first-order chi connectivity index (χ1) is 13.0. The highest BCUT2D eigenvalue weighted by Crippen LogP contribution is 2.26. The van der Waals surface area contributed by atoms with Crippen molar-refractivity contribution >= 4 is 29.1 Å². The van der Waals surface area contributed by atoms with E-state index >= 15 is 0 Å². The van der Waals surface area contributed by atoms with E-state index in [1.54, 1.807) is 30.6 Å². The lowest BCUT2D eigenvalue weighted by atomic mass is 10.1. The monoisotopic (exact) mass is 380 g/mol. The minimum absolute atomic E-state index is 0.00709. The van der Waals surface area contributed by atoms with Gasteiger partial charge in [0, 0.05) is 11.3 Å². The second-order valence-electron chi connectivity index (χ2n) is 6.15. The van der Waals surface area contributed by atoms with Crippen LogP contribution in [0.4, 0.5) is 5.69 Å². The van der Waals surface area contributed by atoms with Gasteiger partial charge in [0.2, 0.25) is 5.91 Å². The third-order valence-electron chi connectivity index (χ3n) is 4.10. The minimum Gasteiger partial charge on any atom is -0.325 e. The molecule has 0 radical (unpaired) electrons. The van der Waals surface area contributed by atoms with Gasteiger partial charge < -0.3 is 5.32 Å². The maximum absolute atomic E-state index is 12.5. The number of benzene rings is 2. The van der Waals surface area contributed by atoms with Gasteiger partial charge in [-0.1, -0.05) is 30.0 Å². The summed E-state index contributed by atoms with van der Waals surface area (Å²) in [6.07, 6.45) is 1.65. The van der Waals surface area contributed by atoms with Crippen LogP contribution in [0.1, 0.15) is 29.8 Å². The summed E-state index contributed by atoms with van der Waals surface area (Å²) in [5, 5.41) is 11.3. The molecule has 6 nitrogen and oxygen atoms in total. The SMILES string of the molecule is CC(=O)c1ccc(NC(=O)[C@H](C)Sc2nncn2-c2ccccc2C)cc1. The number of nitrogens with one attached hydrogen (secondary N) is 1. The van der Waals surface area contributed by atoms with Crippen LogP contribution in [-0.4, -0.2) is 31.7 Å². The van der Waals surface area contributed by atoms with Crippen molar-refractivity contribution in [3.05, 3.63) is 66.0 Å². The summed E-state index contributed by atoms with van der Waals surface area (Å²) in [5.41, 5.74) is 3.35. The van der Waals surface area contributed by atoms with Gasteiger partial charge >= 0.3 is 0 Å². The van der Waals surface area contributed by atoms with E-state index in [2.05, 4.69) is 15.5 Å². The summed E-state index contributed by atoms with van der Waals surface area (Å²) in [7, 11) is 0. The second-order valence-corrected chi connectivity index (χ2v) is 7.46. The zero-order valence-electron chi connectivity index (χ0n) is 15.3. The first-order valence-corrected chi connectivity index (χ1v) is 9.38. The van der Waals surface area contributed by atoms with E-state index in [0.717, 1.165) is 11.3 Å². The molecule has 138 valence electrons. The number of carbonyl (C=O) groups excluding carboxylic acids is 2. The Hall–Kier alpha value is -2.93. The van der Waals surface area contributed by atoms with Gasteiger partial charge in [-0.15, -0.1) is 10.2 Å². The van der Waals surface area contributed by atoms with Crippen LogP contribution in [-0.2, 0) is 4.79 Å². The van der Waals surface area contributed by atoms with Gasteiger partial charge in [-0.05, 0) is 56.7 Å². The molecule has 3 aromatic rings. The van der Waals surface area contributed by atoms with Crippen LogP contribution >= 0.6 is 11.8 Å². The highest BCUT2D eigenvalue weighted by Gasteiger charge is 2.19. The molecular formula is C20H20N4O2S. The number of rotatable bonds is 6. The predicted octanol–water partition coefficient (Wildman–Crippen LogP) is 3.90. The Morgan fingerprint density at radius 3 is 2.48 bits per heavy atom. The number of amides is 1. The van der Waals surface area contributed by atoms with Gasteiger partial charge in [0.05, 0.1) is 10.9 Å². The minimum atomic E-state index is -0.371. The molecule has 0 spiro atoms. The van der Waals surface area contributed by atoms with Crippen LogP contribution in [0.2, 0.25) is 0 Å². The number of anilines is 1. The van der Waals surface area contributed by atoms with E-state index in [0.29, 0.717) is 16.4 Å². The highest BCUT2D eigenvalue weighted by atomic mass is 32.2. The van der Waals surface area contributed by atoms with Crippen LogP contribution in [0.3, 0.4) is 0 Å². The number of carbonyl (C=O) groups is 2. The van der Waals surface area contributed by atoms with Crippen LogP contribution in [0.5, 0.6) is 0 Å². The highest BCUT2D eigenvalue weighted by molar-refractivity contribution is 8.00. The third-order valence-corrected chi connectivity index (χ3v) is 5.16. The van der Waals surface area contributed by atoms with Gasteiger partial charge in [-0.2, -0.15) is 0 Å². The van der Waals surface area contributed by atoms with Gasteiger partial charge in [0.15, 0.2) is 10.9 Å². The Kier molecular flexibility index (Phi) is 5.71. The number of hydrogen-bond acceptors (Lipinski definition) is 5. The van der Waals surface area contributed by atoms with Gasteiger partial charge in [-0.25, -0.2) is 0 Å². The van der Waals surface area contributed by atoms with E-state index in [-0.39, 0.29) is 16.9 Å². The number of para-hydroxylation sites is 1. The molecule has 0 fully saturated rings. The van der Waals surface area contributed by atoms with Crippen LogP contribution in [0.15, 0.2) is 60.0 Å². The van der Waals surface area contributed by atoms with Crippen LogP contribution in [0, 0.1) is 6.92 Å². The summed E-state index contributed by atoms with van der Waals surface area (Å²) in [5.74, 6) is -0.151. The fourth-order valence-electron chi connectivity index (χ4n) is 2.55. The molecule has 1 aromatic heterocycles. The lowest BCUT2D eigenvalue weighted by Gasteiger charge is -2.13. The molecule has 0 saturated heterocycles. The third kappa shape index (κ3) is 4.43. The second kappa shape index (κ2) is 8.18. The van der Waals surface area contributed by atoms with Gasteiger partial charge in [-0.3, -0.25) is 14.2 Å². The maximum Gasteiger partial charge on any atom is 0.237 e. The molecule has 1 N–H and O–H groups in total. The zero-order chi connectivity index (χ0) is 19.4. The van der Waals surface area contributed by atoms with Crippen molar-refractivity contribution in [1.82, 2.24) is 14.8 Å². The number of hydrogen-bond donors (Lipinski definition) is 1. The van der Waals surface area contributed by atoms with Crippen molar-refractivity contribution < 1.29 is 9.59 Å². The standard InChI is InChI=1S/C20H20N4O2S/c1-13-6-4-5-7-18(13)24-12-21-23-20(24)27-15(3)19(26)22-17-10-8-16(9-11-17)14(2)25/h4-12,15H,1-3H3,(H,22,26)/t15-/m0/s1. The fraction of sp³-hybridized carbons (Fsp3) is 0.200. The first kappa shape index (κ1) is 18.8. The molecule has 3 rings (SSSR count). The molecule has 7 heteroatoms. The quantitative estimate of drug-likeness (QED) is 0.518. The molecule has 0 bridgehead atoms. The van der Waals surface area contributed by atoms with Crippen molar-refractivity contribution in [2.45, 2.75) is 31.2 Å². The van der Waals surface area contributed by atoms with Crippen molar-refractivity contribution in [2.75, 3.05) is 5.32 Å². The Bertz CT molecular complexity index is 966. The summed E-state index contributed by atoms with van der Waals surface area (Å²) in [6, 6.07) is 14.8. The molecule has 0 saturated carbocycles. The summed E-state index contributed by atoms with van der Waals surface area (Å²) in [4.78, 5) is 23.8. The fourth-order valence-corrected chi connectivity index (χ4v) is 3.38. The number of aromatic nitrogens is 3. The number of nitrogens with zero attached hydrogens (tertiary/aromatic N) is 3. The Balaban J connectivity index is 1.70. The number of Topliss-reactive ketones (excluding diaryl/α,β-unsaturated/α-hetero) is 1. The maximum atomic E-state index is 12.5. The Morgan fingerprint density at radius 2 is 1.81 bits per heavy atom. The molecule has 0 aliphatic heterocycles. The number of ketones is 1. The van der Waals surface area contributed by atoms with Crippen LogP contribution in [0.25, 0.3) is 5.69 Å². The summed E-state index contributed by atoms with van der Waals surface area (Å²) < 4.78 is 1.88. The molecule has 0 aliphatic rings. The molecule has 2 aromatic carbocycles. The molecule has 0 aliphatic carbocycles. The van der Waals surface area contributed by atoms with E-state index < -0.39 is 0 Å². The van der Waals surface area contributed by atoms with E-state index in [4.69, 9.17) is 0 Å². The molecule has 27 heavy (non-hydrogen) atoms. The number of thioether (sulfide) groups is 1. The molecule has 0 unspecified atom stereocenters.